The van der Waals surface area contributed by atoms with Gasteiger partial charge in [-0.15, -0.1) is 0 Å². The molecule has 2 aromatic carbocycles. The lowest BCUT2D eigenvalue weighted by Crippen LogP contribution is -2.54. The first-order valence-electron chi connectivity index (χ1n) is 13.8. The molecule has 3 aliphatic rings. The number of esters is 1. The minimum atomic E-state index is -4.50. The van der Waals surface area contributed by atoms with Crippen LogP contribution in [-0.4, -0.2) is 36.2 Å². The zero-order chi connectivity index (χ0) is 26.3. The van der Waals surface area contributed by atoms with E-state index >= 15 is 0 Å². The van der Waals surface area contributed by atoms with Gasteiger partial charge in [-0.05, 0) is 92.7 Å². The standard InChI is InChI=1S/C30H38F3NO3/c1-18-7-11-25(12-8-18)37-27-14-10-21-15-20(9-13-26(21)28(27)30(31,32)33)19(2)34-23-5-4-6-24(34)17-22(16-23)29(35)36-3/h9-10,13-15,18-19,22-25H,4-8,11-12,16-17H2,1-3H3/t18?,19-,22?,23?,24?,25?/m1/s1. The molecule has 2 aliphatic heterocycles. The van der Waals surface area contributed by atoms with E-state index in [0.717, 1.165) is 63.4 Å². The molecule has 0 spiro atoms. The van der Waals surface area contributed by atoms with Gasteiger partial charge in [-0.1, -0.05) is 31.5 Å². The van der Waals surface area contributed by atoms with Crippen molar-refractivity contribution in [2.24, 2.45) is 11.8 Å². The first-order valence-corrected chi connectivity index (χ1v) is 13.8. The number of rotatable bonds is 5. The van der Waals surface area contributed by atoms with E-state index in [2.05, 4.69) is 18.7 Å². The summed E-state index contributed by atoms with van der Waals surface area (Å²) in [6, 6.07) is 9.26. The van der Waals surface area contributed by atoms with Gasteiger partial charge in [0, 0.05) is 18.1 Å². The predicted octanol–water partition coefficient (Wildman–Crippen LogP) is 7.68. The first kappa shape index (κ1) is 26.3. The summed E-state index contributed by atoms with van der Waals surface area (Å²) in [7, 11) is 1.45. The second-order valence-electron chi connectivity index (χ2n) is 11.5. The van der Waals surface area contributed by atoms with Crippen molar-refractivity contribution in [3.05, 3.63) is 41.5 Å². The van der Waals surface area contributed by atoms with Crippen LogP contribution in [0.15, 0.2) is 30.3 Å². The normalized spacial score (nSPS) is 29.6. The number of nitrogens with zero attached hydrogens (tertiary/aromatic N) is 1. The fourth-order valence-corrected chi connectivity index (χ4v) is 7.09. The Bertz CT molecular complexity index is 1110. The van der Waals surface area contributed by atoms with Gasteiger partial charge in [0.1, 0.15) is 11.3 Å². The molecule has 37 heavy (non-hydrogen) atoms. The largest absolute Gasteiger partial charge is 0.490 e. The van der Waals surface area contributed by atoms with E-state index in [9.17, 15) is 18.0 Å². The maximum atomic E-state index is 14.3. The quantitative estimate of drug-likeness (QED) is 0.381. The molecule has 2 heterocycles. The molecule has 3 fully saturated rings. The number of halogens is 3. The number of piperidine rings is 2. The van der Waals surface area contributed by atoms with Gasteiger partial charge in [-0.2, -0.15) is 13.2 Å². The predicted molar refractivity (Wildman–Crippen MR) is 137 cm³/mol. The van der Waals surface area contributed by atoms with E-state index in [1.807, 2.05) is 12.1 Å². The van der Waals surface area contributed by atoms with Crippen molar-refractivity contribution in [1.82, 2.24) is 4.90 Å². The average Bonchev–Trinajstić information content (AvgIpc) is 2.87. The summed E-state index contributed by atoms with van der Waals surface area (Å²) < 4.78 is 53.9. The summed E-state index contributed by atoms with van der Waals surface area (Å²) in [5.74, 6) is 0.348. The number of carbonyl (C=O) groups is 1. The molecule has 0 aromatic heterocycles. The smallest absolute Gasteiger partial charge is 0.420 e. The second-order valence-corrected chi connectivity index (χ2v) is 11.5. The number of alkyl halides is 3. The molecule has 0 radical (unpaired) electrons. The Morgan fingerprint density at radius 3 is 2.30 bits per heavy atom. The van der Waals surface area contributed by atoms with Crippen molar-refractivity contribution in [1.29, 1.82) is 0 Å². The number of benzene rings is 2. The average molecular weight is 518 g/mol. The molecule has 202 valence electrons. The van der Waals surface area contributed by atoms with Crippen LogP contribution in [0.25, 0.3) is 10.8 Å². The molecular weight excluding hydrogens is 479 g/mol. The van der Waals surface area contributed by atoms with Crippen molar-refractivity contribution in [2.45, 2.75) is 102 Å². The Kier molecular flexibility index (Phi) is 7.45. The number of methoxy groups -OCH3 is 1. The molecule has 2 bridgehead atoms. The van der Waals surface area contributed by atoms with Crippen LogP contribution in [0.3, 0.4) is 0 Å². The number of hydrogen-bond acceptors (Lipinski definition) is 4. The van der Waals surface area contributed by atoms with Crippen LogP contribution < -0.4 is 4.74 Å². The zero-order valence-corrected chi connectivity index (χ0v) is 22.0. The highest BCUT2D eigenvalue weighted by Crippen LogP contribution is 2.45. The molecule has 0 amide bonds. The van der Waals surface area contributed by atoms with Crippen LogP contribution >= 0.6 is 0 Å². The topological polar surface area (TPSA) is 38.8 Å². The molecule has 2 saturated heterocycles. The third-order valence-corrected chi connectivity index (χ3v) is 9.04. The Morgan fingerprint density at radius 1 is 1.00 bits per heavy atom. The van der Waals surface area contributed by atoms with E-state index in [1.165, 1.54) is 13.2 Å². The minimum absolute atomic E-state index is 0.0489. The van der Waals surface area contributed by atoms with Gasteiger partial charge in [-0.25, -0.2) is 0 Å². The third kappa shape index (κ3) is 5.34. The van der Waals surface area contributed by atoms with Gasteiger partial charge in [0.25, 0.3) is 0 Å². The number of fused-ring (bicyclic) bond motifs is 3. The highest BCUT2D eigenvalue weighted by atomic mass is 19.4. The third-order valence-electron chi connectivity index (χ3n) is 9.04. The van der Waals surface area contributed by atoms with Gasteiger partial charge in [0.05, 0.1) is 19.1 Å². The summed E-state index contributed by atoms with van der Waals surface area (Å²) in [5, 5.41) is 0.769. The van der Waals surface area contributed by atoms with Crippen LogP contribution in [0.1, 0.15) is 88.8 Å². The fraction of sp³-hybridized carbons (Fsp3) is 0.633. The van der Waals surface area contributed by atoms with Gasteiger partial charge in [-0.3, -0.25) is 9.69 Å². The molecule has 2 aromatic rings. The van der Waals surface area contributed by atoms with Gasteiger partial charge in [0.15, 0.2) is 0 Å². The Labute approximate surface area is 217 Å². The van der Waals surface area contributed by atoms with Crippen LogP contribution in [-0.2, 0) is 15.7 Å². The summed E-state index contributed by atoms with van der Waals surface area (Å²) in [6.45, 7) is 4.32. The van der Waals surface area contributed by atoms with Crippen LogP contribution in [0.2, 0.25) is 0 Å². The Balaban J connectivity index is 1.42. The number of hydrogen-bond donors (Lipinski definition) is 0. The van der Waals surface area contributed by atoms with Crippen LogP contribution in [0.4, 0.5) is 13.2 Å². The van der Waals surface area contributed by atoms with Crippen molar-refractivity contribution in [2.75, 3.05) is 7.11 Å². The van der Waals surface area contributed by atoms with Crippen molar-refractivity contribution in [3.8, 4) is 5.75 Å². The van der Waals surface area contributed by atoms with Crippen LogP contribution in [0.5, 0.6) is 5.75 Å². The highest BCUT2D eigenvalue weighted by molar-refractivity contribution is 5.89. The summed E-state index contributed by atoms with van der Waals surface area (Å²) >= 11 is 0. The summed E-state index contributed by atoms with van der Waals surface area (Å²) in [5.41, 5.74) is 0.336. The van der Waals surface area contributed by atoms with Crippen molar-refractivity contribution >= 4 is 16.7 Å². The second kappa shape index (κ2) is 10.5. The molecule has 3 atom stereocenters. The maximum Gasteiger partial charge on any atom is 0.420 e. The molecule has 1 saturated carbocycles. The Hall–Kier alpha value is -2.28. The molecule has 0 N–H and O–H groups in total. The SMILES string of the molecule is COC(=O)C1CC2CCCC(C1)N2[C@H](C)c1ccc2c(C(F)(F)F)c(OC3CCC(C)CC3)ccc2c1. The lowest BCUT2D eigenvalue weighted by molar-refractivity contribution is -0.150. The lowest BCUT2D eigenvalue weighted by Gasteiger charge is -2.51. The molecule has 4 nitrogen and oxygen atoms in total. The van der Waals surface area contributed by atoms with Gasteiger partial charge < -0.3 is 9.47 Å². The summed E-state index contributed by atoms with van der Waals surface area (Å²) in [6.07, 6.45) is 3.64. The first-order chi connectivity index (χ1) is 17.7. The lowest BCUT2D eigenvalue weighted by atomic mass is 9.77. The fourth-order valence-electron chi connectivity index (χ4n) is 7.09. The van der Waals surface area contributed by atoms with E-state index in [1.54, 1.807) is 12.1 Å². The van der Waals surface area contributed by atoms with E-state index in [0.29, 0.717) is 11.3 Å². The van der Waals surface area contributed by atoms with Crippen molar-refractivity contribution < 1.29 is 27.4 Å². The Morgan fingerprint density at radius 2 is 1.68 bits per heavy atom. The number of carbonyl (C=O) groups excluding carboxylic acids is 1. The van der Waals surface area contributed by atoms with Crippen molar-refractivity contribution in [3.63, 3.8) is 0 Å². The number of ether oxygens (including phenoxy) is 2. The van der Waals surface area contributed by atoms with E-state index in [-0.39, 0.29) is 47.3 Å². The van der Waals surface area contributed by atoms with Gasteiger partial charge >= 0.3 is 12.1 Å². The maximum absolute atomic E-state index is 14.3. The van der Waals surface area contributed by atoms with E-state index < -0.39 is 11.7 Å². The van der Waals surface area contributed by atoms with E-state index in [4.69, 9.17) is 9.47 Å². The van der Waals surface area contributed by atoms with Crippen LogP contribution in [0, 0.1) is 11.8 Å². The molecule has 2 unspecified atom stereocenters. The monoisotopic (exact) mass is 517 g/mol. The zero-order valence-electron chi connectivity index (χ0n) is 22.0. The summed E-state index contributed by atoms with van der Waals surface area (Å²) in [4.78, 5) is 14.7. The molecular formula is C30H38F3NO3. The molecule has 5 rings (SSSR count). The molecule has 7 heteroatoms. The highest BCUT2D eigenvalue weighted by Gasteiger charge is 2.43. The minimum Gasteiger partial charge on any atom is -0.490 e. The van der Waals surface area contributed by atoms with Gasteiger partial charge in [0.2, 0.25) is 0 Å². The molecule has 1 aliphatic carbocycles.